The number of ether oxygens (including phenoxy) is 2. The van der Waals surface area contributed by atoms with Gasteiger partial charge in [-0.2, -0.15) is 0 Å². The number of likely N-dealkylation sites (N-methyl/N-ethyl adjacent to an activating group) is 1. The highest BCUT2D eigenvalue weighted by Crippen LogP contribution is 2.33. The molecule has 0 bridgehead atoms. The van der Waals surface area contributed by atoms with Crippen LogP contribution in [-0.4, -0.2) is 61.7 Å². The third-order valence-corrected chi connectivity index (χ3v) is 7.00. The van der Waals surface area contributed by atoms with Crippen molar-refractivity contribution in [2.45, 2.75) is 18.6 Å². The molecule has 3 atom stereocenters. The van der Waals surface area contributed by atoms with Gasteiger partial charge in [0, 0.05) is 38.0 Å². The van der Waals surface area contributed by atoms with Crippen LogP contribution in [-0.2, 0) is 11.2 Å². The van der Waals surface area contributed by atoms with Crippen LogP contribution in [0.5, 0.6) is 5.75 Å². The van der Waals surface area contributed by atoms with Crippen LogP contribution in [0.1, 0.15) is 11.1 Å². The second-order valence-electron chi connectivity index (χ2n) is 9.12. The van der Waals surface area contributed by atoms with Gasteiger partial charge in [0.05, 0.1) is 18.3 Å². The number of nitrogens with zero attached hydrogens (tertiary/aromatic N) is 3. The summed E-state index contributed by atoms with van der Waals surface area (Å²) < 4.78 is 11.1. The highest BCUT2D eigenvalue weighted by molar-refractivity contribution is 7.27. The predicted molar refractivity (Wildman–Crippen MR) is 145 cm³/mol. The number of benzene rings is 1. The van der Waals surface area contributed by atoms with Crippen LogP contribution in [0.15, 0.2) is 54.9 Å². The van der Waals surface area contributed by atoms with Gasteiger partial charge in [-0.15, -0.1) is 9.24 Å². The average Bonchev–Trinajstić information content (AvgIpc) is 3.22. The largest absolute Gasteiger partial charge is 0.484 e. The first-order chi connectivity index (χ1) is 17.3. The van der Waals surface area contributed by atoms with E-state index in [2.05, 4.69) is 49.0 Å². The van der Waals surface area contributed by atoms with E-state index in [1.165, 1.54) is 4.90 Å². The maximum atomic E-state index is 12.5. The number of aromatic nitrogens is 1. The van der Waals surface area contributed by atoms with Crippen LogP contribution in [0, 0.1) is 0 Å². The number of hydrogen-bond donors (Lipinski definition) is 3. The molecule has 9 nitrogen and oxygen atoms in total. The Kier molecular flexibility index (Phi) is 6.71. The van der Waals surface area contributed by atoms with E-state index in [0.29, 0.717) is 55.7 Å². The number of aliphatic hydroxyl groups excluding tert-OH is 1. The number of rotatable bonds is 7. The summed E-state index contributed by atoms with van der Waals surface area (Å²) in [5, 5.41) is 18.2. The Hall–Kier alpha value is -3.39. The van der Waals surface area contributed by atoms with Crippen molar-refractivity contribution < 1.29 is 19.4 Å². The van der Waals surface area contributed by atoms with E-state index >= 15 is 0 Å². The molecule has 4 heterocycles. The van der Waals surface area contributed by atoms with Gasteiger partial charge in [-0.1, -0.05) is 31.4 Å². The normalized spacial score (nSPS) is 19.4. The molecular formula is C26H30N5O4P. The number of carbonyl (C=O) groups is 1. The van der Waals surface area contributed by atoms with Crippen LogP contribution in [0.2, 0.25) is 0 Å². The van der Waals surface area contributed by atoms with Gasteiger partial charge >= 0.3 is 6.09 Å². The number of carbonyl (C=O) groups excluding carboxylic acids is 1. The molecule has 3 N–H and O–H groups in total. The molecule has 0 spiro atoms. The van der Waals surface area contributed by atoms with Crippen LogP contribution >= 0.6 is 9.24 Å². The fourth-order valence-corrected chi connectivity index (χ4v) is 4.90. The van der Waals surface area contributed by atoms with E-state index in [-0.39, 0.29) is 6.10 Å². The smallest absolute Gasteiger partial charge is 0.416 e. The first kappa shape index (κ1) is 24.3. The molecule has 188 valence electrons. The summed E-state index contributed by atoms with van der Waals surface area (Å²) in [6.45, 7) is 9.47. The van der Waals surface area contributed by atoms with Crippen molar-refractivity contribution in [2.24, 2.45) is 0 Å². The molecule has 5 rings (SSSR count). The Morgan fingerprint density at radius 2 is 2.14 bits per heavy atom. The van der Waals surface area contributed by atoms with Crippen LogP contribution in [0.3, 0.4) is 0 Å². The summed E-state index contributed by atoms with van der Waals surface area (Å²) in [5.41, 5.74) is 4.84. The molecule has 1 aromatic heterocycles. The quantitative estimate of drug-likeness (QED) is 0.492. The maximum Gasteiger partial charge on any atom is 0.416 e. The number of amides is 1. The molecule has 1 aromatic carbocycles. The fraction of sp³-hybridized carbons (Fsp3) is 0.308. The molecule has 1 saturated heterocycles. The minimum atomic E-state index is -0.613. The van der Waals surface area contributed by atoms with Gasteiger partial charge in [-0.05, 0) is 34.6 Å². The Labute approximate surface area is 212 Å². The van der Waals surface area contributed by atoms with Crippen molar-refractivity contribution in [2.75, 3.05) is 48.4 Å². The van der Waals surface area contributed by atoms with Gasteiger partial charge in [-0.3, -0.25) is 4.90 Å². The number of allylic oxidation sites excluding steroid dienone is 1. The Morgan fingerprint density at radius 1 is 1.31 bits per heavy atom. The first-order valence-electron chi connectivity index (χ1n) is 11.8. The highest BCUT2D eigenvalue weighted by atomic mass is 31.0. The van der Waals surface area contributed by atoms with Crippen molar-refractivity contribution in [3.8, 4) is 5.75 Å². The van der Waals surface area contributed by atoms with Gasteiger partial charge in [-0.25, -0.2) is 9.78 Å². The molecule has 3 aliphatic rings. The summed E-state index contributed by atoms with van der Waals surface area (Å²) in [4.78, 5) is 20.5. The molecule has 0 radical (unpaired) electrons. The summed E-state index contributed by atoms with van der Waals surface area (Å²) in [6.07, 6.45) is 3.09. The predicted octanol–water partition coefficient (Wildman–Crippen LogP) is 2.40. The fourth-order valence-electron chi connectivity index (χ4n) is 4.55. The summed E-state index contributed by atoms with van der Waals surface area (Å²) >= 11 is 0. The number of nitrogens with one attached hydrogen (secondary N) is 2. The number of fused-ring (bicyclic) bond motifs is 2. The summed E-state index contributed by atoms with van der Waals surface area (Å²) in [6, 6.07) is 7.63. The van der Waals surface area contributed by atoms with E-state index in [0.717, 1.165) is 27.8 Å². The molecule has 0 aliphatic carbocycles. The van der Waals surface area contributed by atoms with Gasteiger partial charge in [0.25, 0.3) is 0 Å². The third-order valence-electron chi connectivity index (χ3n) is 6.45. The van der Waals surface area contributed by atoms with Crippen LogP contribution < -0.4 is 30.5 Å². The molecule has 1 amide bonds. The lowest BCUT2D eigenvalue weighted by molar-refractivity contribution is 0.132. The zero-order valence-corrected chi connectivity index (χ0v) is 21.3. The molecule has 3 aliphatic heterocycles. The number of aliphatic hydroxyl groups is 1. The van der Waals surface area contributed by atoms with Crippen LogP contribution in [0.25, 0.3) is 6.08 Å². The summed E-state index contributed by atoms with van der Waals surface area (Å²) in [5.74, 6) is 1.63. The standard InChI is InChI=1S/C26H30N5O4P/c1-15-14-34-21-7-9-23(29-25(21)28-15)31-13-19(35-26(31)33)12-27-11-18(32)10-20-22(36)8-6-17-5-4-16(2)30(3)24(17)20/h4-9,18-19,27,32H,1-2,10-14,36H2,3H3,(H,28,29)/t18-,19+/m1/s1. The lowest BCUT2D eigenvalue weighted by atomic mass is 9.97. The second kappa shape index (κ2) is 9.93. The molecule has 1 unspecified atom stereocenters. The van der Waals surface area contributed by atoms with E-state index in [1.807, 2.05) is 25.3 Å². The first-order valence-corrected chi connectivity index (χ1v) is 12.4. The molecule has 2 aromatic rings. The van der Waals surface area contributed by atoms with Gasteiger partial charge in [0.1, 0.15) is 18.5 Å². The van der Waals surface area contributed by atoms with E-state index in [9.17, 15) is 9.90 Å². The molecule has 36 heavy (non-hydrogen) atoms. The summed E-state index contributed by atoms with van der Waals surface area (Å²) in [7, 11) is 4.75. The molecule has 1 fully saturated rings. The van der Waals surface area contributed by atoms with E-state index in [4.69, 9.17) is 9.47 Å². The third kappa shape index (κ3) is 4.82. The van der Waals surface area contributed by atoms with E-state index < -0.39 is 12.2 Å². The van der Waals surface area contributed by atoms with Crippen molar-refractivity contribution in [1.82, 2.24) is 10.3 Å². The lowest BCUT2D eigenvalue weighted by Gasteiger charge is -2.30. The maximum absolute atomic E-state index is 12.5. The van der Waals surface area contributed by atoms with Crippen molar-refractivity contribution in [3.63, 3.8) is 0 Å². The molecule has 0 saturated carbocycles. The van der Waals surface area contributed by atoms with Crippen molar-refractivity contribution in [1.29, 1.82) is 0 Å². The Balaban J connectivity index is 1.17. The number of hydrogen-bond acceptors (Lipinski definition) is 8. The topological polar surface area (TPSA) is 99.2 Å². The molecule has 10 heteroatoms. The van der Waals surface area contributed by atoms with Crippen molar-refractivity contribution >= 4 is 44.0 Å². The number of pyridine rings is 1. The highest BCUT2D eigenvalue weighted by Gasteiger charge is 2.33. The second-order valence-corrected chi connectivity index (χ2v) is 9.74. The minimum Gasteiger partial charge on any atom is -0.484 e. The lowest BCUT2D eigenvalue weighted by Crippen LogP contribution is -2.36. The van der Waals surface area contributed by atoms with E-state index in [1.54, 1.807) is 12.1 Å². The molecular weight excluding hydrogens is 477 g/mol. The van der Waals surface area contributed by atoms with Crippen molar-refractivity contribution in [3.05, 3.63) is 66.0 Å². The van der Waals surface area contributed by atoms with Crippen LogP contribution in [0.4, 0.5) is 22.1 Å². The number of anilines is 3. The van der Waals surface area contributed by atoms with Gasteiger partial charge < -0.3 is 30.1 Å². The average molecular weight is 508 g/mol. The van der Waals surface area contributed by atoms with Gasteiger partial charge in [0.15, 0.2) is 11.6 Å². The SMILES string of the molecule is C=C1COc2ccc(N3C[C@H](CNC[C@H](O)Cc4c(P)ccc5c4N(C)C(=C)C=C5)OC3=O)nc2N1. The Bertz CT molecular complexity index is 1260. The minimum absolute atomic E-state index is 0.358. The monoisotopic (exact) mass is 507 g/mol. The zero-order chi connectivity index (χ0) is 25.4. The van der Waals surface area contributed by atoms with Gasteiger partial charge in [0.2, 0.25) is 0 Å². The number of cyclic esters (lactones) is 1. The Morgan fingerprint density at radius 3 is 2.97 bits per heavy atom. The zero-order valence-electron chi connectivity index (χ0n) is 20.2.